The van der Waals surface area contributed by atoms with Gasteiger partial charge in [-0.1, -0.05) is 0 Å². The highest BCUT2D eigenvalue weighted by Gasteiger charge is 2.21. The molecule has 1 aliphatic heterocycles. The molecule has 3 nitrogen and oxygen atoms in total. The van der Waals surface area contributed by atoms with Crippen molar-refractivity contribution in [3.8, 4) is 0 Å². The molecule has 16 heavy (non-hydrogen) atoms. The Morgan fingerprint density at radius 1 is 1.56 bits per heavy atom. The molecule has 0 radical (unpaired) electrons. The van der Waals surface area contributed by atoms with Gasteiger partial charge in [0.05, 0.1) is 3.57 Å². The molecule has 2 heterocycles. The molecule has 1 aliphatic rings. The van der Waals surface area contributed by atoms with Crippen molar-refractivity contribution in [1.29, 1.82) is 0 Å². The summed E-state index contributed by atoms with van der Waals surface area (Å²) in [4.78, 5) is 10.8. The predicted molar refractivity (Wildman–Crippen MR) is 75.0 cm³/mol. The normalized spacial score (nSPS) is 21.1. The van der Waals surface area contributed by atoms with Gasteiger partial charge in [0.2, 0.25) is 0 Å². The largest absolute Gasteiger partial charge is 0.355 e. The third-order valence-electron chi connectivity index (χ3n) is 2.98. The molecule has 88 valence electrons. The van der Waals surface area contributed by atoms with Crippen molar-refractivity contribution in [3.05, 3.63) is 16.1 Å². The fraction of sp³-hybridized carbons (Fsp3) is 0.636. The first kappa shape index (κ1) is 12.4. The Labute approximate surface area is 115 Å². The summed E-state index contributed by atoms with van der Waals surface area (Å²) in [6.45, 7) is 2.19. The lowest BCUT2D eigenvalue weighted by Gasteiger charge is -2.33. The molecule has 0 aromatic carbocycles. The summed E-state index contributed by atoms with van der Waals surface area (Å²) in [7, 11) is 0. The van der Waals surface area contributed by atoms with Gasteiger partial charge in [0.25, 0.3) is 0 Å². The smallest absolute Gasteiger partial charge is 0.145 e. The Kier molecular flexibility index (Phi) is 4.64. The second-order valence-electron chi connectivity index (χ2n) is 4.13. The number of rotatable bonds is 3. The third-order valence-corrected chi connectivity index (χ3v) is 3.96. The van der Waals surface area contributed by atoms with E-state index in [9.17, 15) is 0 Å². The van der Waals surface area contributed by atoms with Gasteiger partial charge in [-0.25, -0.2) is 9.97 Å². The minimum absolute atomic E-state index is 0.719. The number of hydrogen-bond donors (Lipinski definition) is 0. The van der Waals surface area contributed by atoms with Gasteiger partial charge in [-0.15, -0.1) is 11.6 Å². The Morgan fingerprint density at radius 2 is 2.44 bits per heavy atom. The molecule has 2 rings (SSSR count). The van der Waals surface area contributed by atoms with Crippen molar-refractivity contribution < 1.29 is 0 Å². The molecule has 0 saturated carbocycles. The molecule has 5 heteroatoms. The zero-order chi connectivity index (χ0) is 11.4. The van der Waals surface area contributed by atoms with Gasteiger partial charge in [-0.3, -0.25) is 0 Å². The summed E-state index contributed by atoms with van der Waals surface area (Å²) < 4.78 is 1.13. The molecule has 0 bridgehead atoms. The standard InChI is InChI=1S/C11H15ClIN3/c12-4-3-9-2-1-5-16(7-9)11-10(13)6-14-8-15-11/h6,8-9H,1-5,7H2. The van der Waals surface area contributed by atoms with Crippen molar-refractivity contribution in [2.75, 3.05) is 23.9 Å². The van der Waals surface area contributed by atoms with Gasteiger partial charge in [-0.2, -0.15) is 0 Å². The Morgan fingerprint density at radius 3 is 3.19 bits per heavy atom. The van der Waals surface area contributed by atoms with Gasteiger partial charge >= 0.3 is 0 Å². The van der Waals surface area contributed by atoms with Crippen molar-refractivity contribution in [1.82, 2.24) is 9.97 Å². The molecule has 1 fully saturated rings. The minimum atomic E-state index is 0.719. The summed E-state index contributed by atoms with van der Waals surface area (Å²) >= 11 is 8.11. The first-order chi connectivity index (χ1) is 7.81. The fourth-order valence-electron chi connectivity index (χ4n) is 2.19. The predicted octanol–water partition coefficient (Wildman–Crippen LogP) is 2.93. The average Bonchev–Trinajstić information content (AvgIpc) is 2.30. The number of aromatic nitrogens is 2. The average molecular weight is 352 g/mol. The van der Waals surface area contributed by atoms with E-state index in [4.69, 9.17) is 11.6 Å². The monoisotopic (exact) mass is 351 g/mol. The molecular formula is C11H15ClIN3. The SMILES string of the molecule is ClCCC1CCCN(c2ncncc2I)C1. The number of halogens is 2. The van der Waals surface area contributed by atoms with Crippen LogP contribution in [-0.4, -0.2) is 28.9 Å². The third kappa shape index (κ3) is 2.97. The van der Waals surface area contributed by atoms with E-state index in [0.29, 0.717) is 0 Å². The van der Waals surface area contributed by atoms with Gasteiger partial charge in [0.15, 0.2) is 0 Å². The van der Waals surface area contributed by atoms with Crippen LogP contribution in [0, 0.1) is 9.49 Å². The van der Waals surface area contributed by atoms with E-state index in [1.54, 1.807) is 6.33 Å². The fourth-order valence-corrected chi connectivity index (χ4v) is 3.14. The first-order valence-electron chi connectivity index (χ1n) is 5.57. The number of piperidine rings is 1. The maximum absolute atomic E-state index is 5.81. The second-order valence-corrected chi connectivity index (χ2v) is 5.67. The van der Waals surface area contributed by atoms with E-state index in [2.05, 4.69) is 37.5 Å². The van der Waals surface area contributed by atoms with E-state index < -0.39 is 0 Å². The molecule has 0 amide bonds. The lowest BCUT2D eigenvalue weighted by atomic mass is 9.96. The highest BCUT2D eigenvalue weighted by atomic mass is 127. The van der Waals surface area contributed by atoms with Gasteiger partial charge in [0.1, 0.15) is 12.1 Å². The minimum Gasteiger partial charge on any atom is -0.355 e. The maximum atomic E-state index is 5.81. The van der Waals surface area contributed by atoms with E-state index in [-0.39, 0.29) is 0 Å². The van der Waals surface area contributed by atoms with Crippen LogP contribution in [0.25, 0.3) is 0 Å². The molecule has 1 saturated heterocycles. The van der Waals surface area contributed by atoms with Crippen molar-refractivity contribution >= 4 is 40.0 Å². The maximum Gasteiger partial charge on any atom is 0.145 e. The van der Waals surface area contributed by atoms with Gasteiger partial charge < -0.3 is 4.90 Å². The lowest BCUT2D eigenvalue weighted by molar-refractivity contribution is 0.404. The van der Waals surface area contributed by atoms with Crippen LogP contribution in [0.5, 0.6) is 0 Å². The van der Waals surface area contributed by atoms with E-state index >= 15 is 0 Å². The van der Waals surface area contributed by atoms with Gasteiger partial charge in [0, 0.05) is 25.2 Å². The van der Waals surface area contributed by atoms with Crippen molar-refractivity contribution in [2.24, 2.45) is 5.92 Å². The molecule has 0 aliphatic carbocycles. The molecule has 1 aromatic rings. The van der Waals surface area contributed by atoms with E-state index in [0.717, 1.165) is 40.7 Å². The quantitative estimate of drug-likeness (QED) is 0.619. The molecular weight excluding hydrogens is 336 g/mol. The van der Waals surface area contributed by atoms with Crippen LogP contribution in [0.4, 0.5) is 5.82 Å². The van der Waals surface area contributed by atoms with Crippen LogP contribution in [0.3, 0.4) is 0 Å². The molecule has 0 N–H and O–H groups in total. The molecule has 1 atom stereocenters. The summed E-state index contributed by atoms with van der Waals surface area (Å²) in [6, 6.07) is 0. The highest BCUT2D eigenvalue weighted by Crippen LogP contribution is 2.26. The summed E-state index contributed by atoms with van der Waals surface area (Å²) in [6.07, 6.45) is 7.14. The van der Waals surface area contributed by atoms with Crippen molar-refractivity contribution in [3.63, 3.8) is 0 Å². The van der Waals surface area contributed by atoms with E-state index in [1.807, 2.05) is 6.20 Å². The number of hydrogen-bond acceptors (Lipinski definition) is 3. The van der Waals surface area contributed by atoms with Crippen LogP contribution < -0.4 is 4.90 Å². The zero-order valence-corrected chi connectivity index (χ0v) is 12.0. The van der Waals surface area contributed by atoms with Crippen LogP contribution in [-0.2, 0) is 0 Å². The lowest BCUT2D eigenvalue weighted by Crippen LogP contribution is -2.36. The van der Waals surface area contributed by atoms with Gasteiger partial charge in [-0.05, 0) is 47.8 Å². The Bertz CT molecular complexity index is 346. The summed E-state index contributed by atoms with van der Waals surface area (Å²) in [5.74, 6) is 2.56. The van der Waals surface area contributed by atoms with E-state index in [1.165, 1.54) is 12.8 Å². The van der Waals surface area contributed by atoms with Crippen LogP contribution in [0.1, 0.15) is 19.3 Å². The highest BCUT2D eigenvalue weighted by molar-refractivity contribution is 14.1. The van der Waals surface area contributed by atoms with Crippen LogP contribution in [0.15, 0.2) is 12.5 Å². The molecule has 1 unspecified atom stereocenters. The summed E-state index contributed by atoms with van der Waals surface area (Å²) in [5.41, 5.74) is 0. The Hall–Kier alpha value is -0.100. The second kappa shape index (κ2) is 6.00. The number of nitrogens with zero attached hydrogens (tertiary/aromatic N) is 3. The topological polar surface area (TPSA) is 29.0 Å². The number of alkyl halides is 1. The van der Waals surface area contributed by atoms with Crippen LogP contribution >= 0.6 is 34.2 Å². The van der Waals surface area contributed by atoms with Crippen molar-refractivity contribution in [2.45, 2.75) is 19.3 Å². The summed E-state index contributed by atoms with van der Waals surface area (Å²) in [5, 5.41) is 0. The van der Waals surface area contributed by atoms with Crippen LogP contribution in [0.2, 0.25) is 0 Å². The molecule has 0 spiro atoms. The Balaban J connectivity index is 2.07. The first-order valence-corrected chi connectivity index (χ1v) is 7.19. The zero-order valence-electron chi connectivity index (χ0n) is 9.07. The molecule has 1 aromatic heterocycles. The number of anilines is 1.